The van der Waals surface area contributed by atoms with Crippen LogP contribution in [0.3, 0.4) is 0 Å². The number of carbonyl (C=O) groups is 1. The van der Waals surface area contributed by atoms with Crippen LogP contribution in [0.15, 0.2) is 75.8 Å². The van der Waals surface area contributed by atoms with Crippen molar-refractivity contribution in [1.82, 2.24) is 0 Å². The molecule has 0 radical (unpaired) electrons. The quantitative estimate of drug-likeness (QED) is 0.154. The van der Waals surface area contributed by atoms with Crippen molar-refractivity contribution in [3.05, 3.63) is 103 Å². The number of ether oxygens (including phenoxy) is 3. The van der Waals surface area contributed by atoms with Gasteiger partial charge in [0.25, 0.3) is 5.69 Å². The zero-order valence-electron chi connectivity index (χ0n) is 18.4. The molecule has 0 atom stereocenters. The second-order valence-corrected chi connectivity index (χ2v) is 8.18. The molecule has 0 bridgehead atoms. The lowest BCUT2D eigenvalue weighted by Crippen LogP contribution is -2.05. The first kappa shape index (κ1) is 24.1. The summed E-state index contributed by atoms with van der Waals surface area (Å²) in [5.74, 6) is -0.138. The number of non-ortho nitro benzene ring substituents is 1. The van der Waals surface area contributed by atoms with E-state index in [-0.39, 0.29) is 23.9 Å². The number of rotatable bonds is 8. The molecule has 0 unspecified atom stereocenters. The smallest absolute Gasteiger partial charge is 0.363 e. The van der Waals surface area contributed by atoms with Crippen molar-refractivity contribution in [3.8, 4) is 11.5 Å². The Hall–Kier alpha value is -4.05. The number of esters is 1. The third-order valence-electron chi connectivity index (χ3n) is 4.85. The molecule has 0 spiro atoms. The first-order valence-corrected chi connectivity index (χ1v) is 11.2. The molecule has 3 aromatic rings. The van der Waals surface area contributed by atoms with E-state index in [2.05, 4.69) is 20.9 Å². The van der Waals surface area contributed by atoms with Gasteiger partial charge in [0.2, 0.25) is 5.90 Å². The van der Waals surface area contributed by atoms with Crippen molar-refractivity contribution < 1.29 is 28.3 Å². The van der Waals surface area contributed by atoms with E-state index in [1.807, 2.05) is 6.92 Å². The fraction of sp³-hybridized carbons (Fsp3) is 0.120. The van der Waals surface area contributed by atoms with Crippen molar-refractivity contribution in [3.63, 3.8) is 0 Å². The van der Waals surface area contributed by atoms with Gasteiger partial charge in [-0.15, -0.1) is 0 Å². The number of benzene rings is 3. The zero-order valence-corrected chi connectivity index (χ0v) is 20.0. The molecule has 1 aliphatic rings. The normalized spacial score (nSPS) is 14.0. The molecule has 3 aromatic carbocycles. The standard InChI is InChI=1S/C25H18BrFN2O6/c1-2-33-22-13-16(12-21-25(30)35-24(28-21)17-6-8-18(27)9-7-17)11-20(26)23(22)34-14-15-4-3-5-19(10-15)29(31)32/h3-13H,2,14H2,1H3/b21-12-. The van der Waals surface area contributed by atoms with Crippen LogP contribution < -0.4 is 9.47 Å². The topological polar surface area (TPSA) is 100 Å². The summed E-state index contributed by atoms with van der Waals surface area (Å²) < 4.78 is 30.6. The highest BCUT2D eigenvalue weighted by molar-refractivity contribution is 9.10. The van der Waals surface area contributed by atoms with E-state index in [0.29, 0.717) is 39.3 Å². The molecule has 0 N–H and O–H groups in total. The average molecular weight is 541 g/mol. The summed E-state index contributed by atoms with van der Waals surface area (Å²) >= 11 is 3.47. The van der Waals surface area contributed by atoms with Crippen LogP contribution in [0.1, 0.15) is 23.6 Å². The average Bonchev–Trinajstić information content (AvgIpc) is 3.19. The number of nitro groups is 1. The molecule has 0 saturated heterocycles. The molecule has 8 nitrogen and oxygen atoms in total. The number of carbonyl (C=O) groups excluding carboxylic acids is 1. The molecule has 4 rings (SSSR count). The first-order chi connectivity index (χ1) is 16.8. The fourth-order valence-electron chi connectivity index (χ4n) is 3.27. The van der Waals surface area contributed by atoms with Crippen molar-refractivity contribution in [2.45, 2.75) is 13.5 Å². The predicted octanol–water partition coefficient (Wildman–Crippen LogP) is 5.82. The van der Waals surface area contributed by atoms with Gasteiger partial charge in [-0.2, -0.15) is 0 Å². The lowest BCUT2D eigenvalue weighted by molar-refractivity contribution is -0.384. The van der Waals surface area contributed by atoms with Gasteiger partial charge in [-0.3, -0.25) is 10.1 Å². The predicted molar refractivity (Wildman–Crippen MR) is 130 cm³/mol. The van der Waals surface area contributed by atoms with Crippen LogP contribution in [0.5, 0.6) is 11.5 Å². The minimum absolute atomic E-state index is 0.0267. The Bertz CT molecular complexity index is 1350. The second kappa shape index (κ2) is 10.5. The van der Waals surface area contributed by atoms with E-state index >= 15 is 0 Å². The summed E-state index contributed by atoms with van der Waals surface area (Å²) in [6, 6.07) is 15.0. The monoisotopic (exact) mass is 540 g/mol. The summed E-state index contributed by atoms with van der Waals surface area (Å²) in [4.78, 5) is 27.1. The Labute approximate surface area is 207 Å². The first-order valence-electron chi connectivity index (χ1n) is 10.4. The molecular weight excluding hydrogens is 523 g/mol. The molecule has 0 aliphatic carbocycles. The lowest BCUT2D eigenvalue weighted by atomic mass is 10.1. The van der Waals surface area contributed by atoms with Gasteiger partial charge < -0.3 is 14.2 Å². The molecular formula is C25H18BrFN2O6. The molecule has 1 heterocycles. The third-order valence-corrected chi connectivity index (χ3v) is 5.44. The van der Waals surface area contributed by atoms with E-state index in [9.17, 15) is 19.3 Å². The Morgan fingerprint density at radius 3 is 2.63 bits per heavy atom. The molecule has 1 aliphatic heterocycles. The lowest BCUT2D eigenvalue weighted by Gasteiger charge is -2.15. The van der Waals surface area contributed by atoms with Crippen LogP contribution in [0.4, 0.5) is 10.1 Å². The summed E-state index contributed by atoms with van der Waals surface area (Å²) in [7, 11) is 0. The van der Waals surface area contributed by atoms with E-state index in [4.69, 9.17) is 14.2 Å². The van der Waals surface area contributed by atoms with Gasteiger partial charge in [0, 0.05) is 17.7 Å². The number of halogens is 2. The number of cyclic esters (lactones) is 1. The highest BCUT2D eigenvalue weighted by atomic mass is 79.9. The fourth-order valence-corrected chi connectivity index (χ4v) is 3.85. The molecule has 0 saturated carbocycles. The van der Waals surface area contributed by atoms with E-state index < -0.39 is 16.7 Å². The number of nitrogens with zero attached hydrogens (tertiary/aromatic N) is 2. The van der Waals surface area contributed by atoms with Crippen LogP contribution in [0, 0.1) is 15.9 Å². The minimum atomic E-state index is -0.635. The number of hydrogen-bond donors (Lipinski definition) is 0. The van der Waals surface area contributed by atoms with Gasteiger partial charge in [0.15, 0.2) is 17.2 Å². The van der Waals surface area contributed by atoms with Crippen molar-refractivity contribution in [1.29, 1.82) is 0 Å². The highest BCUT2D eigenvalue weighted by Crippen LogP contribution is 2.38. The summed E-state index contributed by atoms with van der Waals surface area (Å²) in [5, 5.41) is 11.0. The maximum Gasteiger partial charge on any atom is 0.363 e. The SMILES string of the molecule is CCOc1cc(/C=C2\N=C(c3ccc(F)cc3)OC2=O)cc(Br)c1OCc1cccc([N+](=O)[O-])c1. The van der Waals surface area contributed by atoms with Crippen molar-refractivity contribution >= 4 is 39.6 Å². The number of aliphatic imine (C=N–C) groups is 1. The molecule has 0 aromatic heterocycles. The van der Waals surface area contributed by atoms with Crippen LogP contribution in [0.25, 0.3) is 6.08 Å². The van der Waals surface area contributed by atoms with Gasteiger partial charge in [-0.1, -0.05) is 12.1 Å². The molecule has 0 amide bonds. The van der Waals surface area contributed by atoms with Crippen LogP contribution in [-0.2, 0) is 16.1 Å². The minimum Gasteiger partial charge on any atom is -0.490 e. The zero-order chi connectivity index (χ0) is 24.9. The van der Waals surface area contributed by atoms with Gasteiger partial charge >= 0.3 is 5.97 Å². The van der Waals surface area contributed by atoms with Gasteiger partial charge in [-0.05, 0) is 76.5 Å². The summed E-state index contributed by atoms with van der Waals surface area (Å²) in [6.45, 7) is 2.25. The second-order valence-electron chi connectivity index (χ2n) is 7.32. The van der Waals surface area contributed by atoms with E-state index in [1.165, 1.54) is 42.5 Å². The van der Waals surface area contributed by atoms with Gasteiger partial charge in [0.1, 0.15) is 12.4 Å². The summed E-state index contributed by atoms with van der Waals surface area (Å²) in [5.41, 5.74) is 1.74. The number of nitro benzene ring substituents is 1. The maximum absolute atomic E-state index is 13.2. The highest BCUT2D eigenvalue weighted by Gasteiger charge is 2.24. The molecule has 178 valence electrons. The van der Waals surface area contributed by atoms with Crippen molar-refractivity contribution in [2.24, 2.45) is 4.99 Å². The molecule has 35 heavy (non-hydrogen) atoms. The third kappa shape index (κ3) is 5.72. The summed E-state index contributed by atoms with van der Waals surface area (Å²) in [6.07, 6.45) is 1.54. The number of hydrogen-bond acceptors (Lipinski definition) is 7. The van der Waals surface area contributed by atoms with Crippen LogP contribution >= 0.6 is 15.9 Å². The Morgan fingerprint density at radius 2 is 1.91 bits per heavy atom. The van der Waals surface area contributed by atoms with Crippen molar-refractivity contribution in [2.75, 3.05) is 6.61 Å². The Kier molecular flexibility index (Phi) is 7.21. The largest absolute Gasteiger partial charge is 0.490 e. The maximum atomic E-state index is 13.2. The Balaban J connectivity index is 1.59. The van der Waals surface area contributed by atoms with Crippen LogP contribution in [-0.4, -0.2) is 23.4 Å². The molecule has 10 heteroatoms. The Morgan fingerprint density at radius 1 is 1.14 bits per heavy atom. The van der Waals surface area contributed by atoms with Crippen LogP contribution in [0.2, 0.25) is 0 Å². The molecule has 0 fully saturated rings. The van der Waals surface area contributed by atoms with Gasteiger partial charge in [0.05, 0.1) is 16.0 Å². The van der Waals surface area contributed by atoms with E-state index in [0.717, 1.165) is 0 Å². The van der Waals surface area contributed by atoms with E-state index in [1.54, 1.807) is 24.3 Å². The van der Waals surface area contributed by atoms with Gasteiger partial charge in [-0.25, -0.2) is 14.2 Å².